The number of urea groups is 1. The first-order valence-electron chi connectivity index (χ1n) is 12.0. The van der Waals surface area contributed by atoms with Gasteiger partial charge in [0.2, 0.25) is 10.0 Å². The van der Waals surface area contributed by atoms with Crippen molar-refractivity contribution < 1.29 is 35.9 Å². The summed E-state index contributed by atoms with van der Waals surface area (Å²) in [6.45, 7) is 9.10. The van der Waals surface area contributed by atoms with Crippen molar-refractivity contribution in [1.82, 2.24) is 0 Å². The summed E-state index contributed by atoms with van der Waals surface area (Å²) in [5.41, 5.74) is -0.390. The Morgan fingerprint density at radius 1 is 0.976 bits per heavy atom. The number of carbonyl (C=O) groups excluding carboxylic acids is 1. The van der Waals surface area contributed by atoms with Crippen LogP contribution in [0.25, 0.3) is 10.8 Å². The van der Waals surface area contributed by atoms with Gasteiger partial charge < -0.3 is 20.1 Å². The van der Waals surface area contributed by atoms with Gasteiger partial charge in [-0.25, -0.2) is 13.2 Å². The van der Waals surface area contributed by atoms with E-state index in [1.807, 2.05) is 11.6 Å². The number of methoxy groups -OCH3 is 1. The SMILES string of the molecule is C=C(C)N=C(C)/C=C(\C)Oc1ccc(NC(=O)Nc2cc(C(F)(F)F)cc(NS(C)(=O)=O)c2OC)c2ccccc12. The van der Waals surface area contributed by atoms with Crippen LogP contribution in [0.1, 0.15) is 26.3 Å². The molecule has 9 nitrogen and oxygen atoms in total. The highest BCUT2D eigenvalue weighted by Gasteiger charge is 2.33. The van der Waals surface area contributed by atoms with E-state index < -0.39 is 39.2 Å². The van der Waals surface area contributed by atoms with Crippen LogP contribution in [0.3, 0.4) is 0 Å². The lowest BCUT2D eigenvalue weighted by atomic mass is 10.1. The summed E-state index contributed by atoms with van der Waals surface area (Å²) in [6.07, 6.45) is -2.31. The molecule has 0 heterocycles. The largest absolute Gasteiger partial charge is 0.492 e. The van der Waals surface area contributed by atoms with Gasteiger partial charge in [0.15, 0.2) is 5.75 Å². The van der Waals surface area contributed by atoms with E-state index in [9.17, 15) is 26.4 Å². The molecule has 0 aromatic heterocycles. The Balaban J connectivity index is 1.95. The normalized spacial score (nSPS) is 12.6. The molecule has 0 saturated carbocycles. The van der Waals surface area contributed by atoms with Crippen LogP contribution in [0, 0.1) is 0 Å². The lowest BCUT2D eigenvalue weighted by molar-refractivity contribution is -0.137. The van der Waals surface area contributed by atoms with Gasteiger partial charge in [0.1, 0.15) is 11.5 Å². The minimum absolute atomic E-state index is 0.306. The number of ether oxygens (including phenoxy) is 2. The molecule has 3 aromatic rings. The molecule has 0 aliphatic carbocycles. The van der Waals surface area contributed by atoms with Crippen LogP contribution in [0.15, 0.2) is 77.6 Å². The molecule has 3 N–H and O–H groups in total. The number of sulfonamides is 1. The maximum absolute atomic E-state index is 13.6. The molecule has 2 amide bonds. The van der Waals surface area contributed by atoms with Gasteiger partial charge >= 0.3 is 12.2 Å². The van der Waals surface area contributed by atoms with E-state index in [0.717, 1.165) is 13.4 Å². The van der Waals surface area contributed by atoms with Gasteiger partial charge in [0, 0.05) is 22.2 Å². The average molecular weight is 591 g/mol. The first-order valence-corrected chi connectivity index (χ1v) is 13.9. The third-order valence-corrected chi connectivity index (χ3v) is 5.94. The van der Waals surface area contributed by atoms with E-state index in [1.54, 1.807) is 56.3 Å². The minimum atomic E-state index is -4.83. The van der Waals surface area contributed by atoms with Crippen molar-refractivity contribution >= 4 is 49.6 Å². The zero-order valence-electron chi connectivity index (χ0n) is 22.9. The number of halogens is 3. The lowest BCUT2D eigenvalue weighted by Gasteiger charge is -2.19. The van der Waals surface area contributed by atoms with E-state index in [2.05, 4.69) is 22.2 Å². The molecule has 0 saturated heterocycles. The number of amides is 2. The van der Waals surface area contributed by atoms with Crippen molar-refractivity contribution in [3.05, 3.63) is 78.2 Å². The molecule has 0 atom stereocenters. The molecule has 218 valence electrons. The van der Waals surface area contributed by atoms with Gasteiger partial charge in [0.25, 0.3) is 0 Å². The van der Waals surface area contributed by atoms with Gasteiger partial charge in [-0.15, -0.1) is 0 Å². The second-order valence-corrected chi connectivity index (χ2v) is 10.8. The second kappa shape index (κ2) is 12.3. The molecule has 41 heavy (non-hydrogen) atoms. The number of nitrogens with zero attached hydrogens (tertiary/aromatic N) is 1. The fourth-order valence-corrected chi connectivity index (χ4v) is 4.51. The van der Waals surface area contributed by atoms with Crippen molar-refractivity contribution in [1.29, 1.82) is 0 Å². The molecule has 3 aromatic carbocycles. The van der Waals surface area contributed by atoms with Crippen LogP contribution in [0.4, 0.5) is 35.0 Å². The Bertz CT molecular complexity index is 1670. The Morgan fingerprint density at radius 3 is 2.17 bits per heavy atom. The van der Waals surface area contributed by atoms with Gasteiger partial charge in [0.05, 0.1) is 36.0 Å². The van der Waals surface area contributed by atoms with Crippen molar-refractivity contribution in [2.24, 2.45) is 4.99 Å². The number of anilines is 3. The highest BCUT2D eigenvalue weighted by atomic mass is 32.2. The number of rotatable bonds is 9. The third-order valence-electron chi connectivity index (χ3n) is 5.35. The zero-order chi connectivity index (χ0) is 30.5. The number of hydrogen-bond acceptors (Lipinski definition) is 6. The number of benzene rings is 3. The monoisotopic (exact) mass is 590 g/mol. The topological polar surface area (TPSA) is 118 Å². The first-order chi connectivity index (χ1) is 19.1. The minimum Gasteiger partial charge on any atom is -0.492 e. The predicted octanol–water partition coefficient (Wildman–Crippen LogP) is 7.16. The number of hydrogen-bond donors (Lipinski definition) is 3. The molecule has 3 rings (SSSR count). The van der Waals surface area contributed by atoms with Gasteiger partial charge in [-0.1, -0.05) is 30.8 Å². The molecule has 0 unspecified atom stereocenters. The molecule has 0 fully saturated rings. The van der Waals surface area contributed by atoms with E-state index in [0.29, 0.717) is 51.5 Å². The number of nitrogens with one attached hydrogen (secondary N) is 3. The van der Waals surface area contributed by atoms with Gasteiger partial charge in [-0.05, 0) is 51.1 Å². The van der Waals surface area contributed by atoms with Crippen molar-refractivity contribution in [2.75, 3.05) is 28.7 Å². The highest BCUT2D eigenvalue weighted by Crippen LogP contribution is 2.41. The van der Waals surface area contributed by atoms with Crippen LogP contribution >= 0.6 is 0 Å². The standard InChI is InChI=1S/C28H29F3N4O5S/c1-16(2)32-17(3)13-18(4)40-25-12-11-22(20-9-7-8-10-21(20)25)33-27(36)34-23-14-19(28(29,30)31)15-24(26(23)39-5)35-41(6,37)38/h7-15,35H,1H2,2-6H3,(H2,33,34,36)/b18-13+,32-17?. The molecule has 0 spiro atoms. The Kier molecular flexibility index (Phi) is 9.33. The Hall–Kier alpha value is -4.52. The summed E-state index contributed by atoms with van der Waals surface area (Å²) in [6, 6.07) is 10.6. The van der Waals surface area contributed by atoms with Crippen molar-refractivity contribution in [3.63, 3.8) is 0 Å². The maximum Gasteiger partial charge on any atom is 0.416 e. The maximum atomic E-state index is 13.6. The van der Waals surface area contributed by atoms with Crippen LogP contribution in [0.2, 0.25) is 0 Å². The fourth-order valence-electron chi connectivity index (χ4n) is 3.96. The van der Waals surface area contributed by atoms with Crippen LogP contribution < -0.4 is 24.8 Å². The number of fused-ring (bicyclic) bond motifs is 1. The number of alkyl halides is 3. The quantitative estimate of drug-likeness (QED) is 0.181. The van der Waals surface area contributed by atoms with E-state index in [4.69, 9.17) is 9.47 Å². The van der Waals surface area contributed by atoms with Crippen LogP contribution in [0.5, 0.6) is 11.5 Å². The molecule has 0 radical (unpaired) electrons. The molecular weight excluding hydrogens is 561 g/mol. The van der Waals surface area contributed by atoms with E-state index in [1.165, 1.54) is 0 Å². The van der Waals surface area contributed by atoms with Crippen LogP contribution in [-0.2, 0) is 16.2 Å². The smallest absolute Gasteiger partial charge is 0.416 e. The Labute approximate surface area is 235 Å². The Morgan fingerprint density at radius 2 is 1.59 bits per heavy atom. The second-order valence-electron chi connectivity index (χ2n) is 9.06. The average Bonchev–Trinajstić information content (AvgIpc) is 2.83. The van der Waals surface area contributed by atoms with Gasteiger partial charge in [-0.2, -0.15) is 13.2 Å². The number of carbonyl (C=O) groups is 1. The summed E-state index contributed by atoms with van der Waals surface area (Å²) in [5.74, 6) is 0.755. The lowest BCUT2D eigenvalue weighted by Crippen LogP contribution is -2.21. The molecular formula is C28H29F3N4O5S. The molecule has 0 aliphatic rings. The summed E-state index contributed by atoms with van der Waals surface area (Å²) < 4.78 is 77.3. The first kappa shape index (κ1) is 31.0. The highest BCUT2D eigenvalue weighted by molar-refractivity contribution is 7.92. The molecule has 0 aliphatic heterocycles. The summed E-state index contributed by atoms with van der Waals surface area (Å²) >= 11 is 0. The number of aliphatic imine (C=N–C) groups is 1. The fraction of sp³-hybridized carbons (Fsp3) is 0.214. The predicted molar refractivity (Wildman–Crippen MR) is 155 cm³/mol. The van der Waals surface area contributed by atoms with Crippen molar-refractivity contribution in [2.45, 2.75) is 26.9 Å². The van der Waals surface area contributed by atoms with E-state index >= 15 is 0 Å². The zero-order valence-corrected chi connectivity index (χ0v) is 23.8. The van der Waals surface area contributed by atoms with Gasteiger partial charge in [-0.3, -0.25) is 9.71 Å². The number of allylic oxidation sites excluding steroid dienone is 3. The summed E-state index contributed by atoms with van der Waals surface area (Å²) in [4.78, 5) is 17.2. The summed E-state index contributed by atoms with van der Waals surface area (Å²) in [5, 5.41) is 6.20. The third kappa shape index (κ3) is 8.48. The molecule has 0 bridgehead atoms. The molecule has 13 heteroatoms. The summed E-state index contributed by atoms with van der Waals surface area (Å²) in [7, 11) is -2.83. The van der Waals surface area contributed by atoms with E-state index in [-0.39, 0.29) is 5.75 Å². The van der Waals surface area contributed by atoms with Crippen LogP contribution in [-0.4, -0.2) is 33.5 Å². The van der Waals surface area contributed by atoms with Crippen molar-refractivity contribution in [3.8, 4) is 11.5 Å².